The van der Waals surface area contributed by atoms with Gasteiger partial charge in [-0.2, -0.15) is 0 Å². The molecule has 6 nitrogen and oxygen atoms in total. The molecule has 0 aromatic carbocycles. The Labute approximate surface area is 450 Å². The van der Waals surface area contributed by atoms with E-state index in [1.165, 1.54) is 289 Å². The normalized spacial score (nSPS) is 12.7. The van der Waals surface area contributed by atoms with Gasteiger partial charge in [0, 0.05) is 12.8 Å². The molecule has 2 unspecified atom stereocenters. The van der Waals surface area contributed by atoms with Gasteiger partial charge in [-0.25, -0.2) is 0 Å². The highest BCUT2D eigenvalue weighted by Gasteiger charge is 2.18. The Hall–Kier alpha value is -1.66. The maximum absolute atomic E-state index is 12.5. The third-order valence-corrected chi connectivity index (χ3v) is 15.2. The van der Waals surface area contributed by atoms with Crippen LogP contribution in [0.15, 0.2) is 24.3 Å². The van der Waals surface area contributed by atoms with Crippen LogP contribution in [0.4, 0.5) is 0 Å². The van der Waals surface area contributed by atoms with Crippen molar-refractivity contribution in [1.29, 1.82) is 0 Å². The summed E-state index contributed by atoms with van der Waals surface area (Å²) in [6, 6.07) is -0.633. The van der Waals surface area contributed by atoms with Crippen molar-refractivity contribution in [1.82, 2.24) is 5.32 Å². The van der Waals surface area contributed by atoms with Crippen LogP contribution in [0.25, 0.3) is 0 Å². The summed E-state index contributed by atoms with van der Waals surface area (Å²) in [6.07, 6.45) is 76.6. The third-order valence-electron chi connectivity index (χ3n) is 15.2. The summed E-state index contributed by atoms with van der Waals surface area (Å²) >= 11 is 0. The standard InChI is InChI=1S/C66H127NO5/c1-3-5-7-9-11-13-15-16-17-18-19-23-26-29-32-35-39-42-46-50-54-58-64(69)63(62-68)67-65(70)59-55-51-47-43-40-36-33-30-27-24-21-20-22-25-28-31-34-37-41-45-49-53-57-61-72-66(71)60-56-52-48-44-38-14-12-10-8-6-4-2/h24,27,54,58,63-64,68-69H,3-23,25-26,28-53,55-57,59-62H2,1-2H3,(H,67,70)/b27-24-,58-54+. The zero-order valence-corrected chi connectivity index (χ0v) is 48.7. The maximum Gasteiger partial charge on any atom is 0.305 e. The van der Waals surface area contributed by atoms with E-state index in [0.29, 0.717) is 19.4 Å². The van der Waals surface area contributed by atoms with E-state index in [-0.39, 0.29) is 18.5 Å². The zero-order valence-electron chi connectivity index (χ0n) is 48.7. The fourth-order valence-electron chi connectivity index (χ4n) is 10.2. The van der Waals surface area contributed by atoms with Crippen molar-refractivity contribution in [2.24, 2.45) is 0 Å². The molecular weight excluding hydrogens is 887 g/mol. The highest BCUT2D eigenvalue weighted by molar-refractivity contribution is 5.76. The molecule has 2 atom stereocenters. The molecule has 0 saturated carbocycles. The largest absolute Gasteiger partial charge is 0.466 e. The summed E-state index contributed by atoms with van der Waals surface area (Å²) in [5.74, 6) is -0.0597. The van der Waals surface area contributed by atoms with E-state index in [1.54, 1.807) is 6.08 Å². The summed E-state index contributed by atoms with van der Waals surface area (Å²) in [6.45, 7) is 4.92. The second-order valence-corrected chi connectivity index (χ2v) is 22.5. The number of hydrogen-bond acceptors (Lipinski definition) is 5. The second-order valence-electron chi connectivity index (χ2n) is 22.5. The molecule has 426 valence electrons. The Morgan fingerprint density at radius 1 is 0.375 bits per heavy atom. The van der Waals surface area contributed by atoms with E-state index in [0.717, 1.165) is 44.9 Å². The molecule has 72 heavy (non-hydrogen) atoms. The van der Waals surface area contributed by atoms with Crippen LogP contribution in [0.1, 0.15) is 361 Å². The van der Waals surface area contributed by atoms with Crippen LogP contribution in [-0.2, 0) is 14.3 Å². The number of allylic oxidation sites excluding steroid dienone is 3. The number of esters is 1. The third kappa shape index (κ3) is 57.6. The van der Waals surface area contributed by atoms with Gasteiger partial charge in [-0.05, 0) is 57.8 Å². The first-order chi connectivity index (χ1) is 35.5. The number of hydrogen-bond donors (Lipinski definition) is 3. The van der Waals surface area contributed by atoms with Gasteiger partial charge in [-0.1, -0.05) is 314 Å². The minimum Gasteiger partial charge on any atom is -0.466 e. The van der Waals surface area contributed by atoms with Gasteiger partial charge in [0.15, 0.2) is 0 Å². The minimum absolute atomic E-state index is 0.0111. The second kappa shape index (κ2) is 61.9. The van der Waals surface area contributed by atoms with E-state index in [1.807, 2.05) is 6.08 Å². The topological polar surface area (TPSA) is 95.9 Å². The van der Waals surface area contributed by atoms with Gasteiger partial charge < -0.3 is 20.3 Å². The molecule has 0 aliphatic rings. The first-order valence-electron chi connectivity index (χ1n) is 32.6. The van der Waals surface area contributed by atoms with Gasteiger partial charge >= 0.3 is 5.97 Å². The Bertz CT molecular complexity index is 1120. The highest BCUT2D eigenvalue weighted by atomic mass is 16.5. The van der Waals surface area contributed by atoms with Gasteiger partial charge in [0.05, 0.1) is 25.4 Å². The Morgan fingerprint density at radius 3 is 0.986 bits per heavy atom. The number of rotatable bonds is 61. The molecule has 0 radical (unpaired) electrons. The number of unbranched alkanes of at least 4 members (excludes halogenated alkanes) is 48. The van der Waals surface area contributed by atoms with Crippen LogP contribution in [0.2, 0.25) is 0 Å². The van der Waals surface area contributed by atoms with Crippen LogP contribution in [0.3, 0.4) is 0 Å². The molecule has 0 rings (SSSR count). The maximum atomic E-state index is 12.5. The lowest BCUT2D eigenvalue weighted by molar-refractivity contribution is -0.143. The molecule has 0 spiro atoms. The van der Waals surface area contributed by atoms with Crippen molar-refractivity contribution in [2.45, 2.75) is 373 Å². The smallest absolute Gasteiger partial charge is 0.305 e. The number of aliphatic hydroxyl groups is 2. The number of ether oxygens (including phenoxy) is 1. The average molecular weight is 1010 g/mol. The fourth-order valence-corrected chi connectivity index (χ4v) is 10.2. The van der Waals surface area contributed by atoms with Gasteiger partial charge in [-0.15, -0.1) is 0 Å². The van der Waals surface area contributed by atoms with Gasteiger partial charge in [0.25, 0.3) is 0 Å². The summed E-state index contributed by atoms with van der Waals surface area (Å²) < 4.78 is 5.47. The molecule has 0 aromatic heterocycles. The first-order valence-corrected chi connectivity index (χ1v) is 32.6. The van der Waals surface area contributed by atoms with Crippen molar-refractivity contribution in [2.75, 3.05) is 13.2 Å². The number of carbonyl (C=O) groups excluding carboxylic acids is 2. The molecular formula is C66H127NO5. The van der Waals surface area contributed by atoms with Crippen LogP contribution in [0.5, 0.6) is 0 Å². The lowest BCUT2D eigenvalue weighted by Crippen LogP contribution is -2.45. The van der Waals surface area contributed by atoms with E-state index in [2.05, 4.69) is 31.3 Å². The van der Waals surface area contributed by atoms with Crippen molar-refractivity contribution >= 4 is 11.9 Å². The van der Waals surface area contributed by atoms with Crippen molar-refractivity contribution in [3.63, 3.8) is 0 Å². The molecule has 6 heteroatoms. The molecule has 0 aliphatic heterocycles. The highest BCUT2D eigenvalue weighted by Crippen LogP contribution is 2.18. The molecule has 0 fully saturated rings. The van der Waals surface area contributed by atoms with Crippen molar-refractivity contribution in [3.05, 3.63) is 24.3 Å². The Morgan fingerprint density at radius 2 is 0.653 bits per heavy atom. The SMILES string of the molecule is CCCCCCCCCCCCCCCCCCCCC/C=C/C(O)C(CO)NC(=O)CCCCCCCCC/C=C\CCCCCCCCCCCCCCOC(=O)CCCCCCCCCCCCC. The van der Waals surface area contributed by atoms with E-state index in [9.17, 15) is 19.8 Å². The summed E-state index contributed by atoms with van der Waals surface area (Å²) in [5, 5.41) is 23.2. The predicted molar refractivity (Wildman–Crippen MR) is 315 cm³/mol. The first kappa shape index (κ1) is 70.3. The molecule has 0 heterocycles. The number of nitrogens with one attached hydrogen (secondary N) is 1. The van der Waals surface area contributed by atoms with E-state index in [4.69, 9.17) is 4.74 Å². The predicted octanol–water partition coefficient (Wildman–Crippen LogP) is 20.6. The number of carbonyl (C=O) groups is 2. The summed E-state index contributed by atoms with van der Waals surface area (Å²) in [5.41, 5.74) is 0. The zero-order chi connectivity index (χ0) is 52.2. The van der Waals surface area contributed by atoms with Gasteiger partial charge in [0.1, 0.15) is 0 Å². The monoisotopic (exact) mass is 1010 g/mol. The van der Waals surface area contributed by atoms with Gasteiger partial charge in [-0.3, -0.25) is 9.59 Å². The van der Waals surface area contributed by atoms with E-state index < -0.39 is 12.1 Å². The lowest BCUT2D eigenvalue weighted by Gasteiger charge is -2.20. The number of amides is 1. The number of aliphatic hydroxyl groups excluding tert-OH is 2. The fraction of sp³-hybridized carbons (Fsp3) is 0.909. The Kier molecular flexibility index (Phi) is 60.5. The molecule has 0 saturated heterocycles. The summed E-state index contributed by atoms with van der Waals surface area (Å²) in [7, 11) is 0. The van der Waals surface area contributed by atoms with Crippen LogP contribution >= 0.6 is 0 Å². The molecule has 0 bridgehead atoms. The molecule has 0 aliphatic carbocycles. The van der Waals surface area contributed by atoms with Crippen LogP contribution in [-0.4, -0.2) is 47.4 Å². The average Bonchev–Trinajstić information content (AvgIpc) is 3.38. The molecule has 1 amide bonds. The van der Waals surface area contributed by atoms with Crippen molar-refractivity contribution < 1.29 is 24.5 Å². The molecule has 0 aromatic rings. The van der Waals surface area contributed by atoms with Gasteiger partial charge in [0.2, 0.25) is 5.91 Å². The van der Waals surface area contributed by atoms with Crippen LogP contribution in [0, 0.1) is 0 Å². The molecule has 3 N–H and O–H groups in total. The quantitative estimate of drug-likeness (QED) is 0.0320. The van der Waals surface area contributed by atoms with Crippen LogP contribution < -0.4 is 5.32 Å². The Balaban J connectivity index is 3.44. The van der Waals surface area contributed by atoms with E-state index >= 15 is 0 Å². The van der Waals surface area contributed by atoms with Crippen molar-refractivity contribution in [3.8, 4) is 0 Å². The lowest BCUT2D eigenvalue weighted by atomic mass is 10.0. The summed E-state index contributed by atoms with van der Waals surface area (Å²) in [4.78, 5) is 24.5. The minimum atomic E-state index is -0.849.